The Hall–Kier alpha value is -3.05. The van der Waals surface area contributed by atoms with Gasteiger partial charge in [0.1, 0.15) is 18.1 Å². The smallest absolute Gasteiger partial charge is 0.353 e. The summed E-state index contributed by atoms with van der Waals surface area (Å²) in [7, 11) is 0. The minimum Gasteiger partial charge on any atom is -0.353 e. The van der Waals surface area contributed by atoms with Crippen molar-refractivity contribution in [2.45, 2.75) is 89.9 Å². The molecule has 0 aromatic heterocycles. The molecule has 2 aliphatic heterocycles. The highest BCUT2D eigenvalue weighted by atomic mass is 19.4. The molecule has 15 heteroatoms. The lowest BCUT2D eigenvalue weighted by Crippen LogP contribution is -2.60. The Balaban J connectivity index is 2.33. The normalized spacial score (nSPS) is 25.8. The Morgan fingerprint density at radius 2 is 1.74 bits per heavy atom. The maximum absolute atomic E-state index is 13.6. The van der Waals surface area contributed by atoms with Gasteiger partial charge in [-0.2, -0.15) is 31.6 Å². The molecule has 3 N–H and O–H groups in total. The van der Waals surface area contributed by atoms with Crippen molar-refractivity contribution in [3.8, 4) is 6.07 Å². The molecule has 214 valence electrons. The summed E-state index contributed by atoms with van der Waals surface area (Å²) in [5, 5.41) is 16.0. The van der Waals surface area contributed by atoms with Gasteiger partial charge in [0.15, 0.2) is 0 Å². The van der Waals surface area contributed by atoms with Gasteiger partial charge in [-0.1, -0.05) is 20.8 Å². The van der Waals surface area contributed by atoms with Crippen molar-refractivity contribution in [3.05, 3.63) is 0 Å². The number of carbonyl (C=O) groups is 4. The van der Waals surface area contributed by atoms with Crippen LogP contribution in [0.5, 0.6) is 0 Å². The van der Waals surface area contributed by atoms with Crippen molar-refractivity contribution in [1.29, 1.82) is 5.26 Å². The number of hydrogen-bond acceptors (Lipinski definition) is 5. The number of likely N-dealkylation sites (tertiary alicyclic amines) is 1. The number of carbonyl (C=O) groups excluding carboxylic acids is 4. The fraction of sp³-hybridized carbons (Fsp3) is 0.783. The van der Waals surface area contributed by atoms with Crippen LogP contribution in [0.1, 0.15) is 53.4 Å². The first-order valence-electron chi connectivity index (χ1n) is 12.1. The summed E-state index contributed by atoms with van der Waals surface area (Å²) < 4.78 is 79.7. The summed E-state index contributed by atoms with van der Waals surface area (Å²) in [6, 6.07) is -3.30. The van der Waals surface area contributed by atoms with Crippen LogP contribution in [-0.4, -0.2) is 71.6 Å². The van der Waals surface area contributed by atoms with Crippen molar-refractivity contribution in [2.24, 2.45) is 17.3 Å². The minimum absolute atomic E-state index is 0.0628. The van der Waals surface area contributed by atoms with Gasteiger partial charge in [0.2, 0.25) is 17.7 Å². The average molecular weight is 556 g/mol. The first-order valence-corrected chi connectivity index (χ1v) is 12.1. The number of hydrogen-bond donors (Lipinski definition) is 3. The summed E-state index contributed by atoms with van der Waals surface area (Å²) in [6.45, 7) is 4.96. The summed E-state index contributed by atoms with van der Waals surface area (Å²) in [5.74, 6) is -7.96. The minimum atomic E-state index is -5.36. The number of halogens is 6. The molecule has 0 unspecified atom stereocenters. The molecule has 0 radical (unpaired) electrons. The zero-order chi connectivity index (χ0) is 29.2. The zero-order valence-corrected chi connectivity index (χ0v) is 21.3. The van der Waals surface area contributed by atoms with Gasteiger partial charge < -0.3 is 20.9 Å². The second kappa shape index (κ2) is 11.4. The molecule has 2 rings (SSSR count). The quantitative estimate of drug-likeness (QED) is 0.395. The Bertz CT molecular complexity index is 977. The van der Waals surface area contributed by atoms with Gasteiger partial charge >= 0.3 is 18.3 Å². The zero-order valence-electron chi connectivity index (χ0n) is 21.3. The van der Waals surface area contributed by atoms with E-state index in [4.69, 9.17) is 0 Å². The van der Waals surface area contributed by atoms with Crippen LogP contribution in [0.4, 0.5) is 26.3 Å². The predicted molar refractivity (Wildman–Crippen MR) is 120 cm³/mol. The van der Waals surface area contributed by atoms with Crippen molar-refractivity contribution in [3.63, 3.8) is 0 Å². The molecule has 0 aromatic carbocycles. The maximum atomic E-state index is 13.6. The largest absolute Gasteiger partial charge is 0.471 e. The molecule has 38 heavy (non-hydrogen) atoms. The first kappa shape index (κ1) is 31.2. The van der Waals surface area contributed by atoms with E-state index in [-0.39, 0.29) is 24.8 Å². The number of rotatable bonds is 8. The van der Waals surface area contributed by atoms with E-state index in [1.54, 1.807) is 18.3 Å². The van der Waals surface area contributed by atoms with Crippen LogP contribution in [0.15, 0.2) is 0 Å². The third-order valence-corrected chi connectivity index (χ3v) is 7.21. The van der Waals surface area contributed by atoms with Gasteiger partial charge in [-0.25, -0.2) is 0 Å². The van der Waals surface area contributed by atoms with Crippen LogP contribution in [0.25, 0.3) is 0 Å². The van der Waals surface area contributed by atoms with Crippen LogP contribution < -0.4 is 16.0 Å². The van der Waals surface area contributed by atoms with Gasteiger partial charge in [-0.15, -0.1) is 0 Å². The molecule has 2 aliphatic rings. The maximum Gasteiger partial charge on any atom is 0.471 e. The van der Waals surface area contributed by atoms with Gasteiger partial charge in [-0.05, 0) is 38.0 Å². The second-order valence-electron chi connectivity index (χ2n) is 10.5. The van der Waals surface area contributed by atoms with Crippen molar-refractivity contribution in [2.75, 3.05) is 6.54 Å². The Labute approximate surface area is 215 Å². The lowest BCUT2D eigenvalue weighted by atomic mass is 9.80. The van der Waals surface area contributed by atoms with Crippen molar-refractivity contribution in [1.82, 2.24) is 20.9 Å². The molecular formula is C23H31F6N5O4. The van der Waals surface area contributed by atoms with E-state index in [9.17, 15) is 50.8 Å². The first-order chi connectivity index (χ1) is 17.3. The van der Waals surface area contributed by atoms with Gasteiger partial charge in [0.25, 0.3) is 0 Å². The van der Waals surface area contributed by atoms with E-state index in [1.165, 1.54) is 20.8 Å². The summed E-state index contributed by atoms with van der Waals surface area (Å²) >= 11 is 0. The van der Waals surface area contributed by atoms with Crippen LogP contribution >= 0.6 is 0 Å². The Kier molecular flexibility index (Phi) is 9.32. The molecule has 0 bridgehead atoms. The summed E-state index contributed by atoms with van der Waals surface area (Å²) in [5.41, 5.74) is -1.32. The third kappa shape index (κ3) is 7.28. The predicted octanol–water partition coefficient (Wildman–Crippen LogP) is 2.17. The van der Waals surface area contributed by atoms with E-state index in [0.717, 1.165) is 0 Å². The summed E-state index contributed by atoms with van der Waals surface area (Å²) in [6.07, 6.45) is -10.7. The molecule has 0 aliphatic carbocycles. The highest BCUT2D eigenvalue weighted by molar-refractivity contribution is 5.94. The lowest BCUT2D eigenvalue weighted by molar-refractivity contribution is -0.177. The van der Waals surface area contributed by atoms with Gasteiger partial charge in [0, 0.05) is 18.5 Å². The fourth-order valence-corrected chi connectivity index (χ4v) is 4.59. The van der Waals surface area contributed by atoms with E-state index < -0.39 is 78.4 Å². The molecule has 9 nitrogen and oxygen atoms in total. The molecule has 0 aromatic rings. The van der Waals surface area contributed by atoms with Crippen molar-refractivity contribution >= 4 is 23.6 Å². The fourth-order valence-electron chi connectivity index (χ4n) is 4.59. The van der Waals surface area contributed by atoms with Crippen LogP contribution in [0, 0.1) is 28.6 Å². The van der Waals surface area contributed by atoms with Gasteiger partial charge in [0.05, 0.1) is 12.0 Å². The number of amides is 4. The molecule has 2 heterocycles. The van der Waals surface area contributed by atoms with E-state index in [0.29, 0.717) is 11.3 Å². The van der Waals surface area contributed by atoms with Crippen LogP contribution in [-0.2, 0) is 19.2 Å². The van der Waals surface area contributed by atoms with E-state index >= 15 is 0 Å². The Morgan fingerprint density at radius 1 is 1.13 bits per heavy atom. The van der Waals surface area contributed by atoms with E-state index in [2.05, 4.69) is 10.6 Å². The molecule has 0 saturated carbocycles. The van der Waals surface area contributed by atoms with Gasteiger partial charge in [-0.3, -0.25) is 19.2 Å². The number of alkyl halides is 6. The monoisotopic (exact) mass is 555 g/mol. The average Bonchev–Trinajstić information content (AvgIpc) is 3.38. The third-order valence-electron chi connectivity index (χ3n) is 7.21. The topological polar surface area (TPSA) is 131 Å². The van der Waals surface area contributed by atoms with Crippen molar-refractivity contribution < 1.29 is 45.5 Å². The highest BCUT2D eigenvalue weighted by Gasteiger charge is 2.54. The van der Waals surface area contributed by atoms with Crippen LogP contribution in [0.2, 0.25) is 0 Å². The number of nitrogens with zero attached hydrogens (tertiary/aromatic N) is 2. The molecule has 0 spiro atoms. The summed E-state index contributed by atoms with van der Waals surface area (Å²) in [4.78, 5) is 50.6. The second-order valence-corrected chi connectivity index (χ2v) is 10.5. The number of nitrogens with one attached hydrogen (secondary N) is 3. The SMILES string of the molecule is CCC(C)(C)[C@H](NC(=O)C(F)(F)F)C(=O)N1C[C@H](C(F)(F)F)C[C@H]1C(=O)N[C@H](C#N)C[C@@H]1C[C@@H](C)NC1=O. The number of nitriles is 1. The van der Waals surface area contributed by atoms with Crippen LogP contribution in [0.3, 0.4) is 0 Å². The molecule has 2 fully saturated rings. The molecular weight excluding hydrogens is 524 g/mol. The highest BCUT2D eigenvalue weighted by Crippen LogP contribution is 2.38. The molecule has 4 amide bonds. The van der Waals surface area contributed by atoms with E-state index in [1.807, 2.05) is 0 Å². The lowest BCUT2D eigenvalue weighted by Gasteiger charge is -2.37. The standard InChI is InChI=1S/C23H31F6N5O4/c1-5-21(3,4)16(33-20(38)23(27,28)29)19(37)34-10-13(22(24,25)26)8-15(34)18(36)32-14(9-30)7-12-6-11(2)31-17(12)35/h11-16H,5-8,10H2,1-4H3,(H,31,35)(H,32,36)(H,33,38)/t11-,12+,13-,14+,15+,16-/m1/s1. The Morgan fingerprint density at radius 3 is 2.18 bits per heavy atom. The molecule has 6 atom stereocenters. The molecule has 2 saturated heterocycles.